The second kappa shape index (κ2) is 6.59. The summed E-state index contributed by atoms with van der Waals surface area (Å²) in [5.41, 5.74) is 7.50. The summed E-state index contributed by atoms with van der Waals surface area (Å²) in [6.45, 7) is 6.00. The summed E-state index contributed by atoms with van der Waals surface area (Å²) in [6.07, 6.45) is 0. The molecule has 0 spiro atoms. The standard InChI is InChI=1S/C17H18ClNO2.ClH/c1-17(2,3)13-9-8-12(16(21)14(13)19)15(20)10-4-6-11(18)7-5-10;/h4-9,21H,19H2,1-3H3;1H. The first-order valence-electron chi connectivity index (χ1n) is 6.64. The minimum atomic E-state index is -0.281. The number of phenolic OH excluding ortho intramolecular Hbond substituents is 1. The average Bonchev–Trinajstić information content (AvgIpc) is 2.40. The number of benzene rings is 2. The van der Waals surface area contributed by atoms with E-state index < -0.39 is 0 Å². The molecule has 0 aromatic heterocycles. The SMILES string of the molecule is CC(C)(C)c1ccc(C(=O)c2ccc(Cl)cc2)c(O)c1N.Cl. The molecule has 5 heteroatoms. The van der Waals surface area contributed by atoms with E-state index in [0.717, 1.165) is 5.56 Å². The highest BCUT2D eigenvalue weighted by Gasteiger charge is 2.23. The van der Waals surface area contributed by atoms with E-state index in [0.29, 0.717) is 10.6 Å². The van der Waals surface area contributed by atoms with Crippen LogP contribution in [0.5, 0.6) is 5.75 Å². The number of rotatable bonds is 2. The van der Waals surface area contributed by atoms with Crippen LogP contribution < -0.4 is 5.73 Å². The molecule has 0 unspecified atom stereocenters. The number of phenols is 1. The number of hydrogen-bond donors (Lipinski definition) is 2. The minimum Gasteiger partial charge on any atom is -0.505 e. The molecule has 0 fully saturated rings. The van der Waals surface area contributed by atoms with E-state index in [9.17, 15) is 9.90 Å². The molecule has 118 valence electrons. The van der Waals surface area contributed by atoms with Crippen LogP contribution in [0.2, 0.25) is 5.02 Å². The Morgan fingerprint density at radius 2 is 1.64 bits per heavy atom. The Bertz CT molecular complexity index is 689. The fourth-order valence-corrected chi connectivity index (χ4v) is 2.33. The molecule has 2 aromatic rings. The molecule has 0 amide bonds. The van der Waals surface area contributed by atoms with E-state index in [4.69, 9.17) is 17.3 Å². The lowest BCUT2D eigenvalue weighted by atomic mass is 9.84. The van der Waals surface area contributed by atoms with Gasteiger partial charge in [-0.25, -0.2) is 0 Å². The van der Waals surface area contributed by atoms with Crippen LogP contribution in [0.3, 0.4) is 0 Å². The van der Waals surface area contributed by atoms with Crippen LogP contribution >= 0.6 is 24.0 Å². The molecule has 2 rings (SSSR count). The van der Waals surface area contributed by atoms with E-state index in [1.54, 1.807) is 36.4 Å². The van der Waals surface area contributed by atoms with Crippen molar-refractivity contribution in [1.82, 2.24) is 0 Å². The maximum absolute atomic E-state index is 12.4. The van der Waals surface area contributed by atoms with Crippen molar-refractivity contribution in [1.29, 1.82) is 0 Å². The van der Waals surface area contributed by atoms with Gasteiger partial charge in [0.25, 0.3) is 0 Å². The van der Waals surface area contributed by atoms with Crippen LogP contribution in [0.4, 0.5) is 5.69 Å². The van der Waals surface area contributed by atoms with Crippen molar-refractivity contribution in [3.05, 3.63) is 58.1 Å². The van der Waals surface area contributed by atoms with Crippen molar-refractivity contribution in [2.75, 3.05) is 5.73 Å². The number of hydrogen-bond acceptors (Lipinski definition) is 3. The van der Waals surface area contributed by atoms with Crippen molar-refractivity contribution in [3.63, 3.8) is 0 Å². The van der Waals surface area contributed by atoms with Crippen LogP contribution in [0.1, 0.15) is 42.3 Å². The second-order valence-corrected chi connectivity index (χ2v) is 6.45. The molecular weight excluding hydrogens is 321 g/mol. The molecule has 0 aliphatic rings. The molecule has 0 aliphatic heterocycles. The number of nitrogens with two attached hydrogens (primary N) is 1. The summed E-state index contributed by atoms with van der Waals surface area (Å²) in [5.74, 6) is -0.446. The van der Waals surface area contributed by atoms with Gasteiger partial charge in [0.1, 0.15) is 5.75 Å². The monoisotopic (exact) mass is 339 g/mol. The number of carbonyl (C=O) groups is 1. The molecule has 0 aliphatic carbocycles. The van der Waals surface area contributed by atoms with Crippen molar-refractivity contribution < 1.29 is 9.90 Å². The van der Waals surface area contributed by atoms with Crippen molar-refractivity contribution in [2.24, 2.45) is 0 Å². The maximum atomic E-state index is 12.4. The Balaban J connectivity index is 0.00000242. The van der Waals surface area contributed by atoms with Gasteiger partial charge in [-0.1, -0.05) is 38.4 Å². The third kappa shape index (κ3) is 3.54. The van der Waals surface area contributed by atoms with Crippen molar-refractivity contribution in [2.45, 2.75) is 26.2 Å². The normalized spacial score (nSPS) is 10.9. The molecule has 22 heavy (non-hydrogen) atoms. The highest BCUT2D eigenvalue weighted by atomic mass is 35.5. The smallest absolute Gasteiger partial charge is 0.196 e. The van der Waals surface area contributed by atoms with Crippen LogP contribution in [-0.2, 0) is 5.41 Å². The number of carbonyl (C=O) groups excluding carboxylic acids is 1. The van der Waals surface area contributed by atoms with Gasteiger partial charge >= 0.3 is 0 Å². The average molecular weight is 340 g/mol. The van der Waals surface area contributed by atoms with E-state index in [1.165, 1.54) is 0 Å². The van der Waals surface area contributed by atoms with Crippen molar-refractivity contribution >= 4 is 35.5 Å². The zero-order valence-corrected chi connectivity index (χ0v) is 14.3. The van der Waals surface area contributed by atoms with Gasteiger partial charge in [-0.15, -0.1) is 12.4 Å². The first-order chi connectivity index (χ1) is 9.71. The molecule has 0 bridgehead atoms. The Kier molecular flexibility index (Phi) is 5.49. The topological polar surface area (TPSA) is 63.3 Å². The third-order valence-corrected chi connectivity index (χ3v) is 3.63. The third-order valence-electron chi connectivity index (χ3n) is 3.38. The Morgan fingerprint density at radius 3 is 2.14 bits per heavy atom. The van der Waals surface area contributed by atoms with Crippen LogP contribution in [0.15, 0.2) is 36.4 Å². The molecule has 0 heterocycles. The molecular formula is C17H19Cl2NO2. The number of aromatic hydroxyl groups is 1. The quantitative estimate of drug-likeness (QED) is 0.478. The van der Waals surface area contributed by atoms with Crippen molar-refractivity contribution in [3.8, 4) is 5.75 Å². The summed E-state index contributed by atoms with van der Waals surface area (Å²) in [5, 5.41) is 10.8. The minimum absolute atomic E-state index is 0. The molecule has 2 aromatic carbocycles. The fraction of sp³-hybridized carbons (Fsp3) is 0.235. The number of nitrogen functional groups attached to an aromatic ring is 1. The van der Waals surface area contributed by atoms with E-state index in [1.807, 2.05) is 20.8 Å². The second-order valence-electron chi connectivity index (χ2n) is 6.01. The van der Waals surface area contributed by atoms with Gasteiger partial charge in [-0.05, 0) is 41.3 Å². The Labute approximate surface area is 141 Å². The van der Waals surface area contributed by atoms with Crippen LogP contribution in [-0.4, -0.2) is 10.9 Å². The molecule has 0 saturated carbocycles. The highest BCUT2D eigenvalue weighted by Crippen LogP contribution is 2.36. The van der Waals surface area contributed by atoms with Gasteiger partial charge in [0.15, 0.2) is 5.78 Å². The predicted molar refractivity (Wildman–Crippen MR) is 93.4 cm³/mol. The van der Waals surface area contributed by atoms with Gasteiger partial charge < -0.3 is 10.8 Å². The van der Waals surface area contributed by atoms with Crippen LogP contribution in [0.25, 0.3) is 0 Å². The summed E-state index contributed by atoms with van der Waals surface area (Å²) >= 11 is 5.81. The Morgan fingerprint density at radius 1 is 1.09 bits per heavy atom. The van der Waals surface area contributed by atoms with Gasteiger partial charge in [-0.2, -0.15) is 0 Å². The van der Waals surface area contributed by atoms with Gasteiger partial charge in [0.2, 0.25) is 0 Å². The number of halogens is 2. The maximum Gasteiger partial charge on any atom is 0.196 e. The summed E-state index contributed by atoms with van der Waals surface area (Å²) in [7, 11) is 0. The zero-order chi connectivity index (χ0) is 15.8. The lowest BCUT2D eigenvalue weighted by Gasteiger charge is -2.22. The number of anilines is 1. The lowest BCUT2D eigenvalue weighted by molar-refractivity contribution is 0.103. The Hall–Kier alpha value is -1.71. The predicted octanol–water partition coefficient (Wildman–Crippen LogP) is 4.58. The van der Waals surface area contributed by atoms with E-state index in [2.05, 4.69) is 0 Å². The largest absolute Gasteiger partial charge is 0.505 e. The molecule has 0 radical (unpaired) electrons. The molecule has 3 N–H and O–H groups in total. The van der Waals surface area contributed by atoms with E-state index in [-0.39, 0.29) is 40.6 Å². The summed E-state index contributed by atoms with van der Waals surface area (Å²) in [6, 6.07) is 9.93. The van der Waals surface area contributed by atoms with E-state index >= 15 is 0 Å². The zero-order valence-electron chi connectivity index (χ0n) is 12.7. The number of ketones is 1. The highest BCUT2D eigenvalue weighted by molar-refractivity contribution is 6.30. The fourth-order valence-electron chi connectivity index (χ4n) is 2.20. The summed E-state index contributed by atoms with van der Waals surface area (Å²) < 4.78 is 0. The first kappa shape index (κ1) is 18.3. The summed E-state index contributed by atoms with van der Waals surface area (Å²) in [4.78, 5) is 12.4. The molecule has 0 atom stereocenters. The molecule has 3 nitrogen and oxygen atoms in total. The lowest BCUT2D eigenvalue weighted by Crippen LogP contribution is -2.15. The van der Waals surface area contributed by atoms with Crippen LogP contribution in [0, 0.1) is 0 Å². The first-order valence-corrected chi connectivity index (χ1v) is 7.02. The van der Waals surface area contributed by atoms with Gasteiger partial charge in [-0.3, -0.25) is 4.79 Å². The molecule has 0 saturated heterocycles. The van der Waals surface area contributed by atoms with Gasteiger partial charge in [0.05, 0.1) is 11.3 Å². The van der Waals surface area contributed by atoms with Gasteiger partial charge in [0, 0.05) is 10.6 Å².